The van der Waals surface area contributed by atoms with Gasteiger partial charge in [-0.25, -0.2) is 0 Å². The van der Waals surface area contributed by atoms with Crippen molar-refractivity contribution in [3.05, 3.63) is 65.4 Å². The summed E-state index contributed by atoms with van der Waals surface area (Å²) in [5.74, 6) is 0.00208. The van der Waals surface area contributed by atoms with Crippen molar-refractivity contribution >= 4 is 22.4 Å². The van der Waals surface area contributed by atoms with Crippen LogP contribution in [0.25, 0.3) is 10.9 Å². The first-order valence-corrected chi connectivity index (χ1v) is 6.14. The van der Waals surface area contributed by atoms with Crippen molar-refractivity contribution in [1.29, 1.82) is 0 Å². The number of nitrogen functional groups attached to an aromatic ring is 1. The number of rotatable bonds is 2. The molecule has 94 valence electrons. The van der Waals surface area contributed by atoms with Crippen molar-refractivity contribution in [3.8, 4) is 0 Å². The van der Waals surface area contributed by atoms with Gasteiger partial charge in [-0.3, -0.25) is 4.79 Å². The third kappa shape index (κ3) is 1.89. The number of hydrogen-bond donors (Lipinski definition) is 2. The van der Waals surface area contributed by atoms with E-state index in [1.807, 2.05) is 37.3 Å². The normalized spacial score (nSPS) is 10.8. The Morgan fingerprint density at radius 3 is 2.74 bits per heavy atom. The molecule has 1 aromatic heterocycles. The second-order valence-corrected chi connectivity index (χ2v) is 4.65. The van der Waals surface area contributed by atoms with E-state index in [-0.39, 0.29) is 5.78 Å². The Morgan fingerprint density at radius 1 is 1.11 bits per heavy atom. The highest BCUT2D eigenvalue weighted by molar-refractivity contribution is 6.17. The number of hydrogen-bond acceptors (Lipinski definition) is 2. The molecular formula is C16H14N2O. The fourth-order valence-corrected chi connectivity index (χ4v) is 2.29. The first-order valence-electron chi connectivity index (χ1n) is 6.14. The number of nitrogens with one attached hydrogen (secondary N) is 1. The van der Waals surface area contributed by atoms with Gasteiger partial charge in [0.15, 0.2) is 5.78 Å². The molecule has 0 aliphatic heterocycles. The van der Waals surface area contributed by atoms with Crippen LogP contribution < -0.4 is 5.73 Å². The lowest BCUT2D eigenvalue weighted by molar-refractivity contribution is 0.104. The fourth-order valence-electron chi connectivity index (χ4n) is 2.29. The van der Waals surface area contributed by atoms with Gasteiger partial charge in [0.25, 0.3) is 0 Å². The van der Waals surface area contributed by atoms with Gasteiger partial charge in [0.05, 0.1) is 0 Å². The predicted molar refractivity (Wildman–Crippen MR) is 77.3 cm³/mol. The molecule has 19 heavy (non-hydrogen) atoms. The number of ketones is 1. The topological polar surface area (TPSA) is 58.9 Å². The van der Waals surface area contributed by atoms with E-state index < -0.39 is 0 Å². The summed E-state index contributed by atoms with van der Waals surface area (Å²) in [7, 11) is 0. The number of H-pyrrole nitrogens is 1. The summed E-state index contributed by atoms with van der Waals surface area (Å²) in [4.78, 5) is 15.7. The Hall–Kier alpha value is -2.55. The van der Waals surface area contributed by atoms with E-state index in [4.69, 9.17) is 5.73 Å². The average Bonchev–Trinajstić information content (AvgIpc) is 2.84. The summed E-state index contributed by atoms with van der Waals surface area (Å²) in [5, 5.41) is 0.939. The zero-order valence-corrected chi connectivity index (χ0v) is 10.6. The number of para-hydroxylation sites is 1. The number of carbonyl (C=O) groups excluding carboxylic acids is 1. The van der Waals surface area contributed by atoms with Crippen molar-refractivity contribution < 1.29 is 4.79 Å². The molecular weight excluding hydrogens is 236 g/mol. The van der Waals surface area contributed by atoms with E-state index >= 15 is 0 Å². The highest BCUT2D eigenvalue weighted by Gasteiger charge is 2.15. The van der Waals surface area contributed by atoms with Crippen LogP contribution in [-0.2, 0) is 0 Å². The number of fused-ring (bicyclic) bond motifs is 1. The molecule has 0 radical (unpaired) electrons. The van der Waals surface area contributed by atoms with Gasteiger partial charge in [-0.1, -0.05) is 24.3 Å². The zero-order valence-electron chi connectivity index (χ0n) is 10.6. The van der Waals surface area contributed by atoms with Crippen LogP contribution in [0.4, 0.5) is 5.69 Å². The summed E-state index contributed by atoms with van der Waals surface area (Å²) in [5.41, 5.74) is 9.62. The maximum absolute atomic E-state index is 12.6. The summed E-state index contributed by atoms with van der Waals surface area (Å²) in [6, 6.07) is 13.2. The zero-order chi connectivity index (χ0) is 13.4. The van der Waals surface area contributed by atoms with E-state index in [1.54, 1.807) is 18.3 Å². The van der Waals surface area contributed by atoms with Crippen molar-refractivity contribution in [2.45, 2.75) is 6.92 Å². The van der Waals surface area contributed by atoms with E-state index in [2.05, 4.69) is 4.98 Å². The second-order valence-electron chi connectivity index (χ2n) is 4.65. The van der Waals surface area contributed by atoms with Crippen LogP contribution in [0.1, 0.15) is 21.5 Å². The number of nitrogens with two attached hydrogens (primary N) is 1. The monoisotopic (exact) mass is 250 g/mol. The van der Waals surface area contributed by atoms with Gasteiger partial charge in [-0.2, -0.15) is 0 Å². The van der Waals surface area contributed by atoms with Gasteiger partial charge >= 0.3 is 0 Å². The van der Waals surface area contributed by atoms with Gasteiger partial charge in [0.1, 0.15) is 0 Å². The summed E-state index contributed by atoms with van der Waals surface area (Å²) < 4.78 is 0. The highest BCUT2D eigenvalue weighted by Crippen LogP contribution is 2.23. The van der Waals surface area contributed by atoms with Crippen LogP contribution in [0.3, 0.4) is 0 Å². The van der Waals surface area contributed by atoms with Crippen molar-refractivity contribution in [2.24, 2.45) is 0 Å². The molecule has 0 saturated carbocycles. The number of carbonyl (C=O) groups is 1. The van der Waals surface area contributed by atoms with Crippen LogP contribution in [0.5, 0.6) is 0 Å². The molecule has 0 amide bonds. The number of aryl methyl sites for hydroxylation is 1. The Morgan fingerprint density at radius 2 is 1.89 bits per heavy atom. The van der Waals surface area contributed by atoms with Gasteiger partial charge in [-0.15, -0.1) is 0 Å². The minimum Gasteiger partial charge on any atom is -0.399 e. The van der Waals surface area contributed by atoms with Crippen LogP contribution >= 0.6 is 0 Å². The Bertz CT molecular complexity index is 771. The molecule has 3 rings (SSSR count). The number of aromatic amines is 1. The molecule has 0 fully saturated rings. The van der Waals surface area contributed by atoms with Crippen LogP contribution in [0, 0.1) is 6.92 Å². The number of benzene rings is 2. The first kappa shape index (κ1) is 11.5. The van der Waals surface area contributed by atoms with Crippen LogP contribution in [-0.4, -0.2) is 10.8 Å². The third-order valence-corrected chi connectivity index (χ3v) is 3.34. The molecule has 0 aliphatic carbocycles. The van der Waals surface area contributed by atoms with E-state index in [1.165, 1.54) is 0 Å². The van der Waals surface area contributed by atoms with Crippen molar-refractivity contribution in [2.75, 3.05) is 5.73 Å². The van der Waals surface area contributed by atoms with Crippen LogP contribution in [0.2, 0.25) is 0 Å². The molecule has 0 spiro atoms. The van der Waals surface area contributed by atoms with Gasteiger partial charge < -0.3 is 10.7 Å². The molecule has 0 aliphatic rings. The molecule has 3 N–H and O–H groups in total. The molecule has 0 bridgehead atoms. The number of aromatic nitrogens is 1. The number of anilines is 1. The van der Waals surface area contributed by atoms with E-state index in [9.17, 15) is 4.79 Å². The quantitative estimate of drug-likeness (QED) is 0.541. The lowest BCUT2D eigenvalue weighted by Crippen LogP contribution is -2.04. The first-order chi connectivity index (χ1) is 9.16. The molecule has 3 nitrogen and oxygen atoms in total. The SMILES string of the molecule is Cc1ccc(N)cc1C(=O)c1c[nH]c2ccccc12. The molecule has 1 heterocycles. The summed E-state index contributed by atoms with van der Waals surface area (Å²) in [6.45, 7) is 1.92. The molecule has 2 aromatic carbocycles. The maximum Gasteiger partial charge on any atom is 0.195 e. The Labute approximate surface area is 111 Å². The Kier molecular flexibility index (Phi) is 2.60. The molecule has 0 atom stereocenters. The highest BCUT2D eigenvalue weighted by atomic mass is 16.1. The smallest absolute Gasteiger partial charge is 0.195 e. The van der Waals surface area contributed by atoms with E-state index in [0.717, 1.165) is 16.5 Å². The van der Waals surface area contributed by atoms with E-state index in [0.29, 0.717) is 16.8 Å². The fraction of sp³-hybridized carbons (Fsp3) is 0.0625. The van der Waals surface area contributed by atoms with Crippen molar-refractivity contribution in [3.63, 3.8) is 0 Å². The molecule has 0 unspecified atom stereocenters. The minimum atomic E-state index is 0.00208. The maximum atomic E-state index is 12.6. The summed E-state index contributed by atoms with van der Waals surface area (Å²) in [6.07, 6.45) is 1.76. The molecule has 3 heteroatoms. The summed E-state index contributed by atoms with van der Waals surface area (Å²) >= 11 is 0. The van der Waals surface area contributed by atoms with Crippen molar-refractivity contribution in [1.82, 2.24) is 4.98 Å². The van der Waals surface area contributed by atoms with Gasteiger partial charge in [-0.05, 0) is 30.7 Å². The minimum absolute atomic E-state index is 0.00208. The standard InChI is InChI=1S/C16H14N2O/c1-10-6-7-11(17)8-13(10)16(19)14-9-18-15-5-3-2-4-12(14)15/h2-9,18H,17H2,1H3. The van der Waals surface area contributed by atoms with Crippen LogP contribution in [0.15, 0.2) is 48.7 Å². The molecule has 3 aromatic rings. The molecule has 0 saturated heterocycles. The van der Waals surface area contributed by atoms with Gasteiger partial charge in [0, 0.05) is 33.9 Å². The predicted octanol–water partition coefficient (Wildman–Crippen LogP) is 3.29. The second kappa shape index (κ2) is 4.28. The Balaban J connectivity index is 2.16. The van der Waals surface area contributed by atoms with Gasteiger partial charge in [0.2, 0.25) is 0 Å². The lowest BCUT2D eigenvalue weighted by Gasteiger charge is -2.05. The lowest BCUT2D eigenvalue weighted by atomic mass is 9.98. The largest absolute Gasteiger partial charge is 0.399 e. The average molecular weight is 250 g/mol. The third-order valence-electron chi connectivity index (χ3n) is 3.34.